The van der Waals surface area contributed by atoms with E-state index in [4.69, 9.17) is 11.6 Å². The van der Waals surface area contributed by atoms with Crippen molar-refractivity contribution in [1.29, 1.82) is 0 Å². The van der Waals surface area contributed by atoms with E-state index in [1.165, 1.54) is 31.3 Å². The highest BCUT2D eigenvalue weighted by Gasteiger charge is 2.51. The molecular formula is C22H22ClFN4O4. The number of anilines is 1. The Kier molecular flexibility index (Phi) is 6.78. The van der Waals surface area contributed by atoms with Crippen LogP contribution < -0.4 is 10.6 Å². The predicted molar refractivity (Wildman–Crippen MR) is 116 cm³/mol. The molecule has 1 heterocycles. The third-order valence-electron chi connectivity index (χ3n) is 5.27. The molecule has 0 bridgehead atoms. The van der Waals surface area contributed by atoms with Crippen molar-refractivity contribution in [3.8, 4) is 0 Å². The summed E-state index contributed by atoms with van der Waals surface area (Å²) in [5.41, 5.74) is -0.354. The van der Waals surface area contributed by atoms with Gasteiger partial charge in [-0.15, -0.1) is 0 Å². The summed E-state index contributed by atoms with van der Waals surface area (Å²) < 4.78 is 13.0. The van der Waals surface area contributed by atoms with Gasteiger partial charge in [-0.2, -0.15) is 0 Å². The molecule has 2 aromatic rings. The molecule has 10 heteroatoms. The van der Waals surface area contributed by atoms with E-state index in [-0.39, 0.29) is 13.0 Å². The number of carbonyl (C=O) groups excluding carboxylic acids is 4. The van der Waals surface area contributed by atoms with Gasteiger partial charge < -0.3 is 15.5 Å². The molecule has 0 spiro atoms. The Balaban J connectivity index is 1.65. The molecule has 32 heavy (non-hydrogen) atoms. The number of hydrogen-bond donors (Lipinski definition) is 2. The summed E-state index contributed by atoms with van der Waals surface area (Å²) in [6.07, 6.45) is 0.278. The summed E-state index contributed by atoms with van der Waals surface area (Å²) in [5.74, 6) is -2.09. The first-order valence-corrected chi connectivity index (χ1v) is 10.2. The highest BCUT2D eigenvalue weighted by molar-refractivity contribution is 6.30. The van der Waals surface area contributed by atoms with Gasteiger partial charge in [0.1, 0.15) is 17.9 Å². The molecule has 8 nitrogen and oxygen atoms in total. The highest BCUT2D eigenvalue weighted by atomic mass is 35.5. The van der Waals surface area contributed by atoms with Gasteiger partial charge in [0.05, 0.1) is 6.54 Å². The average Bonchev–Trinajstić information content (AvgIpc) is 3.00. The van der Waals surface area contributed by atoms with Gasteiger partial charge in [0, 0.05) is 17.8 Å². The fourth-order valence-corrected chi connectivity index (χ4v) is 3.56. The molecule has 1 aliphatic rings. The Morgan fingerprint density at radius 1 is 1.12 bits per heavy atom. The van der Waals surface area contributed by atoms with E-state index in [0.717, 1.165) is 9.80 Å². The first-order chi connectivity index (χ1) is 15.2. The van der Waals surface area contributed by atoms with Crippen molar-refractivity contribution in [2.24, 2.45) is 0 Å². The van der Waals surface area contributed by atoms with Gasteiger partial charge in [-0.05, 0) is 48.4 Å². The second kappa shape index (κ2) is 9.35. The van der Waals surface area contributed by atoms with Crippen LogP contribution in [0.25, 0.3) is 0 Å². The molecular weight excluding hydrogens is 439 g/mol. The Labute approximate surface area is 189 Å². The number of halogens is 2. The van der Waals surface area contributed by atoms with Crippen molar-refractivity contribution in [3.05, 3.63) is 64.9 Å². The molecule has 5 amide bonds. The first-order valence-electron chi connectivity index (χ1n) is 9.86. The van der Waals surface area contributed by atoms with Crippen LogP contribution in [-0.2, 0) is 19.9 Å². The van der Waals surface area contributed by atoms with E-state index in [9.17, 15) is 23.6 Å². The summed E-state index contributed by atoms with van der Waals surface area (Å²) >= 11 is 5.92. The summed E-state index contributed by atoms with van der Waals surface area (Å²) in [6, 6.07) is 11.0. The molecule has 1 fully saturated rings. The van der Waals surface area contributed by atoms with Crippen LogP contribution in [0.5, 0.6) is 0 Å². The molecule has 0 aliphatic carbocycles. The van der Waals surface area contributed by atoms with E-state index >= 15 is 0 Å². The monoisotopic (exact) mass is 460 g/mol. The van der Waals surface area contributed by atoms with E-state index in [0.29, 0.717) is 16.3 Å². The summed E-state index contributed by atoms with van der Waals surface area (Å²) in [6.45, 7) is 0.931. The lowest BCUT2D eigenvalue weighted by Gasteiger charge is -2.26. The second-order valence-corrected chi connectivity index (χ2v) is 7.83. The van der Waals surface area contributed by atoms with Crippen LogP contribution in [0.3, 0.4) is 0 Å². The topological polar surface area (TPSA) is 98.8 Å². The Bertz CT molecular complexity index is 1040. The number of likely N-dealkylation sites (N-methyl/N-ethyl adjacent to an activating group) is 1. The summed E-state index contributed by atoms with van der Waals surface area (Å²) in [4.78, 5) is 52.4. The minimum Gasteiger partial charge on any atom is -0.335 e. The van der Waals surface area contributed by atoms with Gasteiger partial charge in [-0.25, -0.2) is 9.18 Å². The number of imide groups is 1. The van der Waals surface area contributed by atoms with E-state index in [1.807, 2.05) is 0 Å². The van der Waals surface area contributed by atoms with Crippen molar-refractivity contribution >= 4 is 41.0 Å². The quantitative estimate of drug-likeness (QED) is 0.620. The standard InChI is InChI=1S/C22H22ClFN4O4/c1-3-22(14-4-6-15(23)7-5-14)20(31)28(21(32)26-22)13-19(30)27(2)12-18(29)25-17-10-8-16(24)9-11-17/h4-11H,3,12-13H2,1-2H3,(H,25,29)(H,26,32). The van der Waals surface area contributed by atoms with Crippen molar-refractivity contribution < 1.29 is 23.6 Å². The molecule has 2 N–H and O–H groups in total. The van der Waals surface area contributed by atoms with E-state index < -0.39 is 41.7 Å². The number of nitrogens with one attached hydrogen (secondary N) is 2. The minimum atomic E-state index is -1.29. The maximum atomic E-state index is 13.1. The molecule has 1 aliphatic heterocycles. The van der Waals surface area contributed by atoms with Gasteiger partial charge >= 0.3 is 6.03 Å². The average molecular weight is 461 g/mol. The van der Waals surface area contributed by atoms with Gasteiger partial charge in [-0.1, -0.05) is 30.7 Å². The van der Waals surface area contributed by atoms with Gasteiger partial charge in [0.2, 0.25) is 11.8 Å². The zero-order valence-corrected chi connectivity index (χ0v) is 18.3. The Morgan fingerprint density at radius 3 is 2.34 bits per heavy atom. The molecule has 168 valence electrons. The number of rotatable bonds is 7. The lowest BCUT2D eigenvalue weighted by molar-refractivity contribution is -0.139. The maximum absolute atomic E-state index is 13.1. The first kappa shape index (κ1) is 23.2. The lowest BCUT2D eigenvalue weighted by Crippen LogP contribution is -2.46. The summed E-state index contributed by atoms with van der Waals surface area (Å²) in [5, 5.41) is 5.72. The molecule has 1 unspecified atom stereocenters. The number of carbonyl (C=O) groups is 4. The number of urea groups is 1. The van der Waals surface area contributed by atoms with E-state index in [2.05, 4.69) is 10.6 Å². The molecule has 1 atom stereocenters. The van der Waals surface area contributed by atoms with Crippen LogP contribution in [-0.4, -0.2) is 53.7 Å². The molecule has 0 saturated carbocycles. The third kappa shape index (κ3) is 4.72. The summed E-state index contributed by atoms with van der Waals surface area (Å²) in [7, 11) is 1.39. The minimum absolute atomic E-state index is 0.278. The van der Waals surface area contributed by atoms with E-state index in [1.54, 1.807) is 31.2 Å². The highest BCUT2D eigenvalue weighted by Crippen LogP contribution is 2.33. The number of nitrogens with zero attached hydrogens (tertiary/aromatic N) is 2. The second-order valence-electron chi connectivity index (χ2n) is 7.39. The SMILES string of the molecule is CCC1(c2ccc(Cl)cc2)NC(=O)N(CC(=O)N(C)CC(=O)Nc2ccc(F)cc2)C1=O. The van der Waals surface area contributed by atoms with Crippen molar-refractivity contribution in [2.75, 3.05) is 25.5 Å². The molecule has 1 saturated heterocycles. The zero-order valence-electron chi connectivity index (χ0n) is 17.5. The van der Waals surface area contributed by atoms with Crippen LogP contribution in [0.15, 0.2) is 48.5 Å². The van der Waals surface area contributed by atoms with Crippen LogP contribution >= 0.6 is 11.6 Å². The third-order valence-corrected chi connectivity index (χ3v) is 5.52. The Hall–Kier alpha value is -3.46. The largest absolute Gasteiger partial charge is 0.335 e. The number of benzene rings is 2. The zero-order chi connectivity index (χ0) is 23.5. The van der Waals surface area contributed by atoms with Crippen molar-refractivity contribution in [1.82, 2.24) is 15.1 Å². The smallest absolute Gasteiger partial charge is 0.325 e. The Morgan fingerprint density at radius 2 is 1.75 bits per heavy atom. The molecule has 0 radical (unpaired) electrons. The number of amides is 5. The van der Waals surface area contributed by atoms with Gasteiger partial charge in [-0.3, -0.25) is 19.3 Å². The van der Waals surface area contributed by atoms with Gasteiger partial charge in [0.25, 0.3) is 5.91 Å². The number of hydrogen-bond acceptors (Lipinski definition) is 4. The van der Waals surface area contributed by atoms with Gasteiger partial charge in [0.15, 0.2) is 0 Å². The van der Waals surface area contributed by atoms with Crippen LogP contribution in [0.1, 0.15) is 18.9 Å². The van der Waals surface area contributed by atoms with Crippen molar-refractivity contribution in [3.63, 3.8) is 0 Å². The normalized spacial score (nSPS) is 17.8. The van der Waals surface area contributed by atoms with Crippen LogP contribution in [0, 0.1) is 5.82 Å². The van der Waals surface area contributed by atoms with Crippen LogP contribution in [0.4, 0.5) is 14.9 Å². The fraction of sp³-hybridized carbons (Fsp3) is 0.273. The maximum Gasteiger partial charge on any atom is 0.325 e. The predicted octanol–water partition coefficient (Wildman–Crippen LogP) is 2.73. The fourth-order valence-electron chi connectivity index (χ4n) is 3.44. The van der Waals surface area contributed by atoms with Crippen molar-refractivity contribution in [2.45, 2.75) is 18.9 Å². The molecule has 0 aromatic heterocycles. The molecule has 3 rings (SSSR count). The lowest BCUT2D eigenvalue weighted by atomic mass is 9.87. The van der Waals surface area contributed by atoms with Crippen LogP contribution in [0.2, 0.25) is 5.02 Å². The molecule has 2 aromatic carbocycles.